The first-order valence-electron chi connectivity index (χ1n) is 7.86. The van der Waals surface area contributed by atoms with Crippen LogP contribution in [0.25, 0.3) is 5.57 Å². The molecule has 0 saturated carbocycles. The number of anilines is 1. The molecule has 9 heteroatoms. The van der Waals surface area contributed by atoms with Crippen molar-refractivity contribution in [2.75, 3.05) is 11.9 Å². The highest BCUT2D eigenvalue weighted by molar-refractivity contribution is 5.68. The SMILES string of the molecule is CC1=C(c2nc(COCc3ccccc3)no2)Cn2nnnc2N1C. The minimum Gasteiger partial charge on any atom is -0.369 e. The van der Waals surface area contributed by atoms with Crippen molar-refractivity contribution in [1.82, 2.24) is 30.3 Å². The lowest BCUT2D eigenvalue weighted by Crippen LogP contribution is -2.26. The van der Waals surface area contributed by atoms with Crippen LogP contribution >= 0.6 is 0 Å². The second kappa shape index (κ2) is 6.44. The molecule has 0 radical (unpaired) electrons. The standard InChI is InChI=1S/C16H17N7O2/c1-11-13(8-23-16(22(11)2)18-20-21-23)15-17-14(19-25-15)10-24-9-12-6-4-3-5-7-12/h3-7H,8-10H2,1-2H3. The third kappa shape index (κ3) is 3.01. The quantitative estimate of drug-likeness (QED) is 0.692. The zero-order valence-electron chi connectivity index (χ0n) is 14.0. The lowest BCUT2D eigenvalue weighted by molar-refractivity contribution is 0.0999. The molecule has 1 aliphatic rings. The molecule has 4 rings (SSSR count). The lowest BCUT2D eigenvalue weighted by atomic mass is 10.1. The van der Waals surface area contributed by atoms with Gasteiger partial charge in [-0.3, -0.25) is 0 Å². The minimum absolute atomic E-state index is 0.288. The van der Waals surface area contributed by atoms with Crippen LogP contribution in [-0.2, 0) is 24.5 Å². The van der Waals surface area contributed by atoms with Crippen molar-refractivity contribution >= 4 is 11.5 Å². The van der Waals surface area contributed by atoms with Gasteiger partial charge in [-0.15, -0.1) is 0 Å². The van der Waals surface area contributed by atoms with Crippen molar-refractivity contribution in [1.29, 1.82) is 0 Å². The Morgan fingerprint density at radius 2 is 2.04 bits per heavy atom. The Labute approximate surface area is 143 Å². The van der Waals surface area contributed by atoms with Gasteiger partial charge < -0.3 is 14.2 Å². The highest BCUT2D eigenvalue weighted by Crippen LogP contribution is 2.29. The molecule has 3 heterocycles. The van der Waals surface area contributed by atoms with E-state index in [1.165, 1.54) is 0 Å². The molecule has 0 fully saturated rings. The van der Waals surface area contributed by atoms with Crippen LogP contribution in [0.2, 0.25) is 0 Å². The highest BCUT2D eigenvalue weighted by atomic mass is 16.5. The third-order valence-corrected chi connectivity index (χ3v) is 4.13. The van der Waals surface area contributed by atoms with Gasteiger partial charge in [0.05, 0.1) is 18.7 Å². The molecule has 9 nitrogen and oxygen atoms in total. The molecule has 0 unspecified atom stereocenters. The number of aromatic nitrogens is 6. The Hall–Kier alpha value is -3.07. The van der Waals surface area contributed by atoms with E-state index in [9.17, 15) is 0 Å². The number of nitrogens with zero attached hydrogens (tertiary/aromatic N) is 7. The van der Waals surface area contributed by atoms with Gasteiger partial charge in [0.1, 0.15) is 6.61 Å². The summed E-state index contributed by atoms with van der Waals surface area (Å²) in [7, 11) is 1.90. The number of fused-ring (bicyclic) bond motifs is 1. The monoisotopic (exact) mass is 339 g/mol. The van der Waals surface area contributed by atoms with Crippen molar-refractivity contribution in [3.05, 3.63) is 53.3 Å². The number of hydrogen-bond donors (Lipinski definition) is 0. The summed E-state index contributed by atoms with van der Waals surface area (Å²) < 4.78 is 12.8. The summed E-state index contributed by atoms with van der Waals surface area (Å²) in [6, 6.07) is 9.96. The Balaban J connectivity index is 1.45. The Kier molecular flexibility index (Phi) is 3.98. The molecule has 0 N–H and O–H groups in total. The van der Waals surface area contributed by atoms with Crippen molar-refractivity contribution in [3.63, 3.8) is 0 Å². The van der Waals surface area contributed by atoms with Crippen molar-refractivity contribution < 1.29 is 9.26 Å². The normalized spacial score (nSPS) is 14.1. The maximum Gasteiger partial charge on any atom is 0.257 e. The first-order valence-corrected chi connectivity index (χ1v) is 7.86. The first kappa shape index (κ1) is 15.5. The predicted octanol–water partition coefficient (Wildman–Crippen LogP) is 1.65. The zero-order chi connectivity index (χ0) is 17.2. The van der Waals surface area contributed by atoms with Crippen LogP contribution in [0.1, 0.15) is 24.2 Å². The fourth-order valence-corrected chi connectivity index (χ4v) is 2.65. The van der Waals surface area contributed by atoms with Crippen molar-refractivity contribution in [2.24, 2.45) is 0 Å². The number of ether oxygens (including phenoxy) is 1. The van der Waals surface area contributed by atoms with Crippen LogP contribution in [0, 0.1) is 0 Å². The zero-order valence-corrected chi connectivity index (χ0v) is 14.0. The van der Waals surface area contributed by atoms with Crippen molar-refractivity contribution in [3.8, 4) is 0 Å². The van der Waals surface area contributed by atoms with Gasteiger partial charge in [-0.1, -0.05) is 40.6 Å². The number of rotatable bonds is 5. The second-order valence-corrected chi connectivity index (χ2v) is 5.75. The molecular formula is C16H17N7O2. The van der Waals surface area contributed by atoms with Gasteiger partial charge in [-0.25, -0.2) is 4.68 Å². The largest absolute Gasteiger partial charge is 0.369 e. The second-order valence-electron chi connectivity index (χ2n) is 5.75. The molecular weight excluding hydrogens is 322 g/mol. The topological polar surface area (TPSA) is 95.0 Å². The highest BCUT2D eigenvalue weighted by Gasteiger charge is 2.26. The summed E-state index contributed by atoms with van der Waals surface area (Å²) in [5.41, 5.74) is 2.97. The van der Waals surface area contributed by atoms with E-state index < -0.39 is 0 Å². The smallest absolute Gasteiger partial charge is 0.257 e. The number of tetrazole rings is 1. The number of allylic oxidation sites excluding steroid dienone is 2. The Morgan fingerprint density at radius 3 is 2.88 bits per heavy atom. The maximum absolute atomic E-state index is 5.65. The van der Waals surface area contributed by atoms with Gasteiger partial charge in [-0.05, 0) is 22.9 Å². The van der Waals surface area contributed by atoms with E-state index >= 15 is 0 Å². The number of benzene rings is 1. The summed E-state index contributed by atoms with van der Waals surface area (Å²) in [5, 5.41) is 15.7. The molecule has 0 amide bonds. The average Bonchev–Trinajstić information content (AvgIpc) is 3.28. The maximum atomic E-state index is 5.65. The van der Waals surface area contributed by atoms with Crippen LogP contribution < -0.4 is 4.90 Å². The molecule has 0 bridgehead atoms. The van der Waals surface area contributed by atoms with Crippen LogP contribution in [0.15, 0.2) is 40.6 Å². The first-order chi connectivity index (χ1) is 12.2. The van der Waals surface area contributed by atoms with E-state index in [4.69, 9.17) is 9.26 Å². The summed E-state index contributed by atoms with van der Waals surface area (Å²) in [6.45, 7) is 3.26. The Morgan fingerprint density at radius 1 is 1.20 bits per heavy atom. The van der Waals surface area contributed by atoms with Gasteiger partial charge in [-0.2, -0.15) is 4.98 Å². The molecule has 2 aromatic heterocycles. The van der Waals surface area contributed by atoms with Gasteiger partial charge in [0.15, 0.2) is 5.82 Å². The van der Waals surface area contributed by atoms with Gasteiger partial charge >= 0.3 is 0 Å². The fourth-order valence-electron chi connectivity index (χ4n) is 2.65. The van der Waals surface area contributed by atoms with E-state index in [1.54, 1.807) is 4.68 Å². The average molecular weight is 339 g/mol. The predicted molar refractivity (Wildman–Crippen MR) is 88.0 cm³/mol. The molecule has 3 aromatic rings. The van der Waals surface area contributed by atoms with Crippen LogP contribution in [0.3, 0.4) is 0 Å². The third-order valence-electron chi connectivity index (χ3n) is 4.13. The molecule has 25 heavy (non-hydrogen) atoms. The Bertz CT molecular complexity index is 900. The number of hydrogen-bond acceptors (Lipinski definition) is 8. The van der Waals surface area contributed by atoms with Crippen molar-refractivity contribution in [2.45, 2.75) is 26.7 Å². The summed E-state index contributed by atoms with van der Waals surface area (Å²) in [5.74, 6) is 1.66. The summed E-state index contributed by atoms with van der Waals surface area (Å²) >= 11 is 0. The van der Waals surface area contributed by atoms with Crippen LogP contribution in [-0.4, -0.2) is 37.4 Å². The van der Waals surface area contributed by atoms with Gasteiger partial charge in [0.25, 0.3) is 5.89 Å². The molecule has 0 spiro atoms. The molecule has 0 atom stereocenters. The van der Waals surface area contributed by atoms with E-state index in [0.29, 0.717) is 30.8 Å². The van der Waals surface area contributed by atoms with Gasteiger partial charge in [0.2, 0.25) is 5.95 Å². The fraction of sp³-hybridized carbons (Fsp3) is 0.312. The van der Waals surface area contributed by atoms with Gasteiger partial charge in [0, 0.05) is 12.7 Å². The lowest BCUT2D eigenvalue weighted by Gasteiger charge is -2.25. The minimum atomic E-state index is 0.288. The molecule has 1 aliphatic heterocycles. The van der Waals surface area contributed by atoms with E-state index in [1.807, 2.05) is 49.2 Å². The molecule has 1 aromatic carbocycles. The molecule has 128 valence electrons. The molecule has 0 aliphatic carbocycles. The van der Waals surface area contributed by atoms with Crippen LogP contribution in [0.5, 0.6) is 0 Å². The summed E-state index contributed by atoms with van der Waals surface area (Å²) in [6.07, 6.45) is 0. The van der Waals surface area contributed by atoms with Crippen LogP contribution in [0.4, 0.5) is 5.95 Å². The van der Waals surface area contributed by atoms with E-state index in [2.05, 4.69) is 25.7 Å². The summed E-state index contributed by atoms with van der Waals surface area (Å²) in [4.78, 5) is 6.34. The van der Waals surface area contributed by atoms with E-state index in [-0.39, 0.29) is 6.61 Å². The van der Waals surface area contributed by atoms with E-state index in [0.717, 1.165) is 16.8 Å². The molecule has 0 saturated heterocycles.